The Morgan fingerprint density at radius 3 is 2.40 bits per heavy atom. The second-order valence-corrected chi connectivity index (χ2v) is 2.59. The van der Waals surface area contributed by atoms with E-state index in [1.807, 2.05) is 0 Å². The molecule has 1 aliphatic rings. The molecule has 60 valence electrons. The van der Waals surface area contributed by atoms with Gasteiger partial charge >= 0.3 is 0 Å². The van der Waals surface area contributed by atoms with E-state index in [1.54, 1.807) is 6.92 Å². The minimum absolute atomic E-state index is 0.0888. The molecule has 4 atom stereocenters. The molecule has 1 heterocycles. The third-order valence-corrected chi connectivity index (χ3v) is 1.69. The first kappa shape index (κ1) is 7.94. The third-order valence-electron chi connectivity index (χ3n) is 1.69. The Kier molecular flexibility index (Phi) is 2.25. The van der Waals surface area contributed by atoms with Gasteiger partial charge in [0.1, 0.15) is 6.10 Å². The highest BCUT2D eigenvalue weighted by Crippen LogP contribution is 2.17. The average Bonchev–Trinajstić information content (AvgIpc) is 1.82. The number of hydrogen-bond donors (Lipinski definition) is 3. The number of aliphatic hydroxyl groups is 3. The monoisotopic (exact) mass is 148 g/mol. The van der Waals surface area contributed by atoms with Crippen LogP contribution in [-0.2, 0) is 4.74 Å². The molecule has 0 aromatic rings. The third kappa shape index (κ3) is 1.46. The topological polar surface area (TPSA) is 69.9 Å². The Bertz CT molecular complexity index is 104. The lowest BCUT2D eigenvalue weighted by atomic mass is 10.0. The Balaban J connectivity index is 2.49. The molecule has 0 aromatic heterocycles. The lowest BCUT2D eigenvalue weighted by molar-refractivity contribution is -0.226. The van der Waals surface area contributed by atoms with Crippen molar-refractivity contribution in [1.82, 2.24) is 0 Å². The molecule has 4 heteroatoms. The largest absolute Gasteiger partial charge is 0.390 e. The Labute approximate surface area is 59.1 Å². The van der Waals surface area contributed by atoms with Crippen molar-refractivity contribution < 1.29 is 20.1 Å². The molecule has 0 radical (unpaired) electrons. The van der Waals surface area contributed by atoms with Crippen molar-refractivity contribution in [2.75, 3.05) is 0 Å². The molecule has 0 saturated carbocycles. The number of hydrogen-bond acceptors (Lipinski definition) is 4. The van der Waals surface area contributed by atoms with Crippen LogP contribution in [0.1, 0.15) is 13.3 Å². The number of ether oxygens (including phenoxy) is 1. The SMILES string of the molecule is C[C@@H]1OC(O)C[C@@H](O)[C@@H]1O. The highest BCUT2D eigenvalue weighted by atomic mass is 16.6. The van der Waals surface area contributed by atoms with Gasteiger partial charge in [0, 0.05) is 6.42 Å². The quantitative estimate of drug-likeness (QED) is 0.405. The van der Waals surface area contributed by atoms with Crippen molar-refractivity contribution in [3.63, 3.8) is 0 Å². The maximum absolute atomic E-state index is 9.08. The standard InChI is InChI=1S/C6H12O4/c1-3-6(9)4(7)2-5(8)10-3/h3-9H,2H2,1H3/t3-,4+,5?,6+/m0/s1. The van der Waals surface area contributed by atoms with Crippen molar-refractivity contribution in [2.45, 2.75) is 37.9 Å². The zero-order valence-electron chi connectivity index (χ0n) is 5.77. The molecule has 1 aliphatic heterocycles. The van der Waals surface area contributed by atoms with Crippen LogP contribution in [-0.4, -0.2) is 39.9 Å². The highest BCUT2D eigenvalue weighted by Gasteiger charge is 2.32. The van der Waals surface area contributed by atoms with Crippen molar-refractivity contribution >= 4 is 0 Å². The normalized spacial score (nSPS) is 49.2. The van der Waals surface area contributed by atoms with Gasteiger partial charge in [-0.1, -0.05) is 0 Å². The van der Waals surface area contributed by atoms with E-state index in [4.69, 9.17) is 20.1 Å². The fraction of sp³-hybridized carbons (Fsp3) is 1.00. The molecule has 0 bridgehead atoms. The first-order valence-electron chi connectivity index (χ1n) is 3.31. The second-order valence-electron chi connectivity index (χ2n) is 2.59. The maximum atomic E-state index is 9.08. The van der Waals surface area contributed by atoms with Crippen LogP contribution in [0.25, 0.3) is 0 Å². The predicted molar refractivity (Wildman–Crippen MR) is 33.2 cm³/mol. The summed E-state index contributed by atoms with van der Waals surface area (Å²) in [5.41, 5.74) is 0. The van der Waals surface area contributed by atoms with Gasteiger partial charge in [0.05, 0.1) is 12.2 Å². The van der Waals surface area contributed by atoms with Crippen LogP contribution in [0.15, 0.2) is 0 Å². The van der Waals surface area contributed by atoms with Crippen LogP contribution >= 0.6 is 0 Å². The summed E-state index contributed by atoms with van der Waals surface area (Å²) in [7, 11) is 0. The average molecular weight is 148 g/mol. The molecule has 1 fully saturated rings. The van der Waals surface area contributed by atoms with E-state index in [-0.39, 0.29) is 6.42 Å². The first-order valence-corrected chi connectivity index (χ1v) is 3.31. The zero-order valence-corrected chi connectivity index (χ0v) is 5.77. The molecule has 1 unspecified atom stereocenters. The minimum Gasteiger partial charge on any atom is -0.390 e. The molecule has 3 N–H and O–H groups in total. The summed E-state index contributed by atoms with van der Waals surface area (Å²) in [5.74, 6) is 0. The van der Waals surface area contributed by atoms with Crippen LogP contribution in [0.4, 0.5) is 0 Å². The van der Waals surface area contributed by atoms with Crippen molar-refractivity contribution in [1.29, 1.82) is 0 Å². The second kappa shape index (κ2) is 2.84. The van der Waals surface area contributed by atoms with E-state index < -0.39 is 24.6 Å². The maximum Gasteiger partial charge on any atom is 0.157 e. The van der Waals surface area contributed by atoms with Gasteiger partial charge in [-0.25, -0.2) is 0 Å². The highest BCUT2D eigenvalue weighted by molar-refractivity contribution is 4.78. The van der Waals surface area contributed by atoms with Crippen molar-refractivity contribution in [2.24, 2.45) is 0 Å². The molecule has 0 aromatic carbocycles. The van der Waals surface area contributed by atoms with Crippen LogP contribution < -0.4 is 0 Å². The summed E-state index contributed by atoms with van der Waals surface area (Å²) in [4.78, 5) is 0. The fourth-order valence-electron chi connectivity index (χ4n) is 1.04. The summed E-state index contributed by atoms with van der Waals surface area (Å²) >= 11 is 0. The van der Waals surface area contributed by atoms with E-state index in [2.05, 4.69) is 0 Å². The smallest absolute Gasteiger partial charge is 0.157 e. The van der Waals surface area contributed by atoms with E-state index >= 15 is 0 Å². The van der Waals surface area contributed by atoms with E-state index in [0.29, 0.717) is 0 Å². The number of rotatable bonds is 0. The van der Waals surface area contributed by atoms with Gasteiger partial charge in [-0.05, 0) is 6.92 Å². The van der Waals surface area contributed by atoms with Crippen molar-refractivity contribution in [3.8, 4) is 0 Å². The predicted octanol–water partition coefficient (Wildman–Crippen LogP) is -1.16. The van der Waals surface area contributed by atoms with Crippen LogP contribution in [0.3, 0.4) is 0 Å². The summed E-state index contributed by atoms with van der Waals surface area (Å²) in [5, 5.41) is 27.0. The molecule has 0 amide bonds. The van der Waals surface area contributed by atoms with Gasteiger partial charge in [0.15, 0.2) is 6.29 Å². The van der Waals surface area contributed by atoms with E-state index in [0.717, 1.165) is 0 Å². The van der Waals surface area contributed by atoms with E-state index in [1.165, 1.54) is 0 Å². The summed E-state index contributed by atoms with van der Waals surface area (Å²) in [6.07, 6.45) is -3.07. The molecular formula is C6H12O4. The molecule has 4 nitrogen and oxygen atoms in total. The molecule has 10 heavy (non-hydrogen) atoms. The van der Waals surface area contributed by atoms with Gasteiger partial charge in [0.25, 0.3) is 0 Å². The van der Waals surface area contributed by atoms with Gasteiger partial charge in [-0.2, -0.15) is 0 Å². The lowest BCUT2D eigenvalue weighted by Gasteiger charge is -2.32. The lowest BCUT2D eigenvalue weighted by Crippen LogP contribution is -2.46. The summed E-state index contributed by atoms with van der Waals surface area (Å²) < 4.78 is 4.81. The molecular weight excluding hydrogens is 136 g/mol. The number of aliphatic hydroxyl groups excluding tert-OH is 3. The van der Waals surface area contributed by atoms with Crippen LogP contribution in [0.5, 0.6) is 0 Å². The Hall–Kier alpha value is -0.160. The molecule has 0 spiro atoms. The molecule has 1 rings (SSSR count). The van der Waals surface area contributed by atoms with Gasteiger partial charge in [-0.15, -0.1) is 0 Å². The fourth-order valence-corrected chi connectivity index (χ4v) is 1.04. The molecule has 1 saturated heterocycles. The molecule has 0 aliphatic carbocycles. The van der Waals surface area contributed by atoms with E-state index in [9.17, 15) is 0 Å². The zero-order chi connectivity index (χ0) is 7.72. The van der Waals surface area contributed by atoms with Gasteiger partial charge in [-0.3, -0.25) is 0 Å². The van der Waals surface area contributed by atoms with Crippen molar-refractivity contribution in [3.05, 3.63) is 0 Å². The first-order chi connectivity index (χ1) is 4.61. The summed E-state index contributed by atoms with van der Waals surface area (Å²) in [6, 6.07) is 0. The Morgan fingerprint density at radius 2 is 1.90 bits per heavy atom. The van der Waals surface area contributed by atoms with Gasteiger partial charge < -0.3 is 20.1 Å². The van der Waals surface area contributed by atoms with Crippen LogP contribution in [0.2, 0.25) is 0 Å². The minimum atomic E-state index is -0.937. The summed E-state index contributed by atoms with van der Waals surface area (Å²) in [6.45, 7) is 1.61. The van der Waals surface area contributed by atoms with Gasteiger partial charge in [0.2, 0.25) is 0 Å². The Morgan fingerprint density at radius 1 is 1.30 bits per heavy atom. The van der Waals surface area contributed by atoms with Crippen LogP contribution in [0, 0.1) is 0 Å².